The van der Waals surface area contributed by atoms with Gasteiger partial charge in [-0.1, -0.05) is 6.92 Å². The lowest BCUT2D eigenvalue weighted by Crippen LogP contribution is -2.45. The van der Waals surface area contributed by atoms with E-state index in [9.17, 15) is 9.59 Å². The van der Waals surface area contributed by atoms with E-state index in [1.807, 2.05) is 13.8 Å². The maximum atomic E-state index is 12.4. The van der Waals surface area contributed by atoms with Crippen LogP contribution in [0, 0.1) is 19.8 Å². The van der Waals surface area contributed by atoms with Gasteiger partial charge in [0.15, 0.2) is 5.78 Å². The van der Waals surface area contributed by atoms with E-state index in [-0.39, 0.29) is 11.7 Å². The highest BCUT2D eigenvalue weighted by molar-refractivity contribution is 6.02. The Morgan fingerprint density at radius 2 is 1.91 bits per heavy atom. The van der Waals surface area contributed by atoms with Gasteiger partial charge in [-0.2, -0.15) is 0 Å². The van der Waals surface area contributed by atoms with Gasteiger partial charge < -0.3 is 10.3 Å². The molecule has 5 heteroatoms. The molecule has 1 aromatic heterocycles. The van der Waals surface area contributed by atoms with Crippen molar-refractivity contribution < 1.29 is 9.59 Å². The highest BCUT2D eigenvalue weighted by atomic mass is 16.2. The maximum absolute atomic E-state index is 12.4. The van der Waals surface area contributed by atoms with Gasteiger partial charge in [-0.25, -0.2) is 0 Å². The molecule has 0 unspecified atom stereocenters. The molecule has 1 aromatic rings. The number of piperidine rings is 1. The monoisotopic (exact) mass is 319 g/mol. The first-order chi connectivity index (χ1) is 10.8. The molecule has 128 valence electrons. The number of nitrogens with zero attached hydrogens (tertiary/aromatic N) is 1. The van der Waals surface area contributed by atoms with Crippen molar-refractivity contribution in [2.75, 3.05) is 19.6 Å². The third-order valence-corrected chi connectivity index (χ3v) is 5.02. The fraction of sp³-hybridized carbons (Fsp3) is 0.667. The number of Topliss-reactive ketones (excluding diaryl/α,β-unsaturated/α-hetero) is 1. The minimum absolute atomic E-state index is 0.00824. The Morgan fingerprint density at radius 3 is 2.43 bits per heavy atom. The number of nitrogens with one attached hydrogen (secondary N) is 2. The Balaban J connectivity index is 1.95. The molecule has 1 atom stereocenters. The number of hydrogen-bond donors (Lipinski definition) is 2. The topological polar surface area (TPSA) is 65.2 Å². The van der Waals surface area contributed by atoms with Crippen LogP contribution in [0.1, 0.15) is 65.7 Å². The van der Waals surface area contributed by atoms with Crippen molar-refractivity contribution in [3.8, 4) is 0 Å². The SMILES string of the molecule is CC(=O)c1c(C)[nH]c(C(=O)NC[C@@H](C)N2CCC(C)CC2)c1C. The summed E-state index contributed by atoms with van der Waals surface area (Å²) in [7, 11) is 0. The summed E-state index contributed by atoms with van der Waals surface area (Å²) in [5.41, 5.74) is 2.64. The molecule has 0 bridgehead atoms. The number of ketones is 1. The van der Waals surface area contributed by atoms with Crippen molar-refractivity contribution in [1.82, 2.24) is 15.2 Å². The zero-order valence-corrected chi connectivity index (χ0v) is 15.0. The van der Waals surface area contributed by atoms with Gasteiger partial charge in [0.1, 0.15) is 5.69 Å². The zero-order chi connectivity index (χ0) is 17.1. The van der Waals surface area contributed by atoms with Crippen molar-refractivity contribution in [3.05, 3.63) is 22.5 Å². The molecule has 0 aliphatic carbocycles. The van der Waals surface area contributed by atoms with Crippen molar-refractivity contribution in [2.24, 2.45) is 5.92 Å². The van der Waals surface area contributed by atoms with E-state index in [2.05, 4.69) is 29.0 Å². The van der Waals surface area contributed by atoms with Crippen LogP contribution in [0.25, 0.3) is 0 Å². The zero-order valence-electron chi connectivity index (χ0n) is 15.0. The predicted molar refractivity (Wildman–Crippen MR) is 92.0 cm³/mol. The van der Waals surface area contributed by atoms with E-state index in [0.29, 0.717) is 23.8 Å². The quantitative estimate of drug-likeness (QED) is 0.820. The number of hydrogen-bond acceptors (Lipinski definition) is 3. The molecule has 0 aromatic carbocycles. The summed E-state index contributed by atoms with van der Waals surface area (Å²) in [5, 5.41) is 3.00. The molecule has 1 aliphatic heterocycles. The van der Waals surface area contributed by atoms with Crippen LogP contribution in [0.15, 0.2) is 0 Å². The van der Waals surface area contributed by atoms with Crippen molar-refractivity contribution in [1.29, 1.82) is 0 Å². The fourth-order valence-corrected chi connectivity index (χ4v) is 3.43. The highest BCUT2D eigenvalue weighted by Gasteiger charge is 2.23. The molecule has 5 nitrogen and oxygen atoms in total. The molecule has 0 saturated carbocycles. The van der Waals surface area contributed by atoms with Gasteiger partial charge in [-0.3, -0.25) is 14.5 Å². The molecule has 2 N–H and O–H groups in total. The number of carbonyl (C=O) groups excluding carboxylic acids is 2. The molecule has 2 rings (SSSR count). The molecule has 23 heavy (non-hydrogen) atoms. The lowest BCUT2D eigenvalue weighted by Gasteiger charge is -2.35. The number of carbonyl (C=O) groups is 2. The second kappa shape index (κ2) is 7.30. The van der Waals surface area contributed by atoms with Crippen molar-refractivity contribution >= 4 is 11.7 Å². The van der Waals surface area contributed by atoms with Gasteiger partial charge in [0, 0.05) is 23.8 Å². The van der Waals surface area contributed by atoms with Crippen molar-refractivity contribution in [3.63, 3.8) is 0 Å². The van der Waals surface area contributed by atoms with Crippen LogP contribution < -0.4 is 5.32 Å². The molecular formula is C18H29N3O2. The molecule has 0 spiro atoms. The van der Waals surface area contributed by atoms with Crippen LogP contribution in [0.4, 0.5) is 0 Å². The van der Waals surface area contributed by atoms with Gasteiger partial charge in [0.2, 0.25) is 0 Å². The van der Waals surface area contributed by atoms with E-state index in [4.69, 9.17) is 0 Å². The van der Waals surface area contributed by atoms with E-state index in [1.165, 1.54) is 19.8 Å². The lowest BCUT2D eigenvalue weighted by atomic mass is 9.98. The Morgan fingerprint density at radius 1 is 1.30 bits per heavy atom. The van der Waals surface area contributed by atoms with Crippen LogP contribution in [-0.2, 0) is 0 Å². The lowest BCUT2D eigenvalue weighted by molar-refractivity contribution is 0.0916. The average molecular weight is 319 g/mol. The Bertz CT molecular complexity index is 583. The van der Waals surface area contributed by atoms with Gasteiger partial charge >= 0.3 is 0 Å². The Kier molecular flexibility index (Phi) is 5.63. The second-order valence-corrected chi connectivity index (χ2v) is 6.96. The second-order valence-electron chi connectivity index (χ2n) is 6.96. The number of aromatic nitrogens is 1. The van der Waals surface area contributed by atoms with Gasteiger partial charge in [-0.15, -0.1) is 0 Å². The fourth-order valence-electron chi connectivity index (χ4n) is 3.43. The summed E-state index contributed by atoms with van der Waals surface area (Å²) in [6, 6.07) is 0.329. The van der Waals surface area contributed by atoms with E-state index in [0.717, 1.165) is 30.3 Å². The van der Waals surface area contributed by atoms with E-state index >= 15 is 0 Å². The number of aromatic amines is 1. The summed E-state index contributed by atoms with van der Waals surface area (Å²) in [4.78, 5) is 29.6. The third kappa shape index (κ3) is 4.02. The highest BCUT2D eigenvalue weighted by Crippen LogP contribution is 2.19. The first-order valence-corrected chi connectivity index (χ1v) is 8.53. The van der Waals surface area contributed by atoms with Crippen LogP contribution in [0.3, 0.4) is 0 Å². The van der Waals surface area contributed by atoms with Gasteiger partial charge in [-0.05, 0) is 65.1 Å². The van der Waals surface area contributed by atoms with E-state index in [1.54, 1.807) is 0 Å². The summed E-state index contributed by atoms with van der Waals surface area (Å²) >= 11 is 0. The minimum Gasteiger partial charge on any atom is -0.354 e. The number of rotatable bonds is 5. The van der Waals surface area contributed by atoms with Gasteiger partial charge in [0.05, 0.1) is 0 Å². The maximum Gasteiger partial charge on any atom is 0.268 e. The summed E-state index contributed by atoms with van der Waals surface area (Å²) in [5.74, 6) is 0.670. The van der Waals surface area contributed by atoms with Gasteiger partial charge in [0.25, 0.3) is 5.91 Å². The predicted octanol–water partition coefficient (Wildman–Crippen LogP) is 2.68. The molecule has 1 saturated heterocycles. The summed E-state index contributed by atoms with van der Waals surface area (Å²) in [6.45, 7) is 12.5. The number of aryl methyl sites for hydroxylation is 1. The number of amides is 1. The molecule has 2 heterocycles. The number of H-pyrrole nitrogens is 1. The minimum atomic E-state index is -0.129. The summed E-state index contributed by atoms with van der Waals surface area (Å²) < 4.78 is 0. The third-order valence-electron chi connectivity index (χ3n) is 5.02. The molecule has 0 radical (unpaired) electrons. The molecular weight excluding hydrogens is 290 g/mol. The standard InChI is InChI=1S/C18H29N3O2/c1-11-6-8-21(9-7-11)12(2)10-19-18(23)17-13(3)16(15(5)22)14(4)20-17/h11-12,20H,6-10H2,1-5H3,(H,19,23)/t12-/m1/s1. The average Bonchev–Trinajstić information content (AvgIpc) is 2.80. The molecule has 1 aliphatic rings. The summed E-state index contributed by atoms with van der Waals surface area (Å²) in [6.07, 6.45) is 2.46. The molecule has 1 fully saturated rings. The van der Waals surface area contributed by atoms with Crippen LogP contribution in [-0.4, -0.2) is 47.3 Å². The van der Waals surface area contributed by atoms with Crippen LogP contribution >= 0.6 is 0 Å². The Labute approximate surface area is 138 Å². The van der Waals surface area contributed by atoms with Crippen LogP contribution in [0.2, 0.25) is 0 Å². The van der Waals surface area contributed by atoms with Crippen LogP contribution in [0.5, 0.6) is 0 Å². The first-order valence-electron chi connectivity index (χ1n) is 8.53. The van der Waals surface area contributed by atoms with Crippen molar-refractivity contribution in [2.45, 2.75) is 53.5 Å². The first kappa shape index (κ1) is 17.7. The Hall–Kier alpha value is -1.62. The smallest absolute Gasteiger partial charge is 0.268 e. The number of likely N-dealkylation sites (tertiary alicyclic amines) is 1. The largest absolute Gasteiger partial charge is 0.354 e. The normalized spacial score (nSPS) is 18.0. The molecule has 1 amide bonds. The van der Waals surface area contributed by atoms with E-state index < -0.39 is 0 Å².